The molecule has 0 radical (unpaired) electrons. The zero-order valence-corrected chi connectivity index (χ0v) is 47.3. The van der Waals surface area contributed by atoms with Crippen molar-refractivity contribution >= 4 is 11.9 Å². The van der Waals surface area contributed by atoms with E-state index in [4.69, 9.17) is 4.74 Å². The standard InChI is InChI=1S/C64H123NO5/c1-3-5-7-9-11-13-15-17-19-20-21-22-23-24-25-26-29-32-36-40-44-48-52-56-62(67)61(60-66)65-63(68)57-53-49-45-41-37-33-30-27-28-31-35-39-43-47-51-55-59-70-64(69)58-54-50-46-42-38-34-18-16-14-12-10-8-6-4-2/h16,18,52,56,61-62,66-67H,3-15,17,19-51,53-55,57-60H2,1-2H3,(H,65,68)/b18-16-,56-52+. The topological polar surface area (TPSA) is 95.9 Å². The van der Waals surface area contributed by atoms with Crippen molar-refractivity contribution in [3.05, 3.63) is 24.3 Å². The van der Waals surface area contributed by atoms with E-state index in [0.29, 0.717) is 19.4 Å². The minimum atomic E-state index is -0.850. The molecule has 6 nitrogen and oxygen atoms in total. The van der Waals surface area contributed by atoms with Crippen molar-refractivity contribution in [1.29, 1.82) is 0 Å². The van der Waals surface area contributed by atoms with Crippen LogP contribution in [0.2, 0.25) is 0 Å². The van der Waals surface area contributed by atoms with Crippen molar-refractivity contribution in [1.82, 2.24) is 5.32 Å². The highest BCUT2D eigenvalue weighted by atomic mass is 16.5. The molecule has 70 heavy (non-hydrogen) atoms. The molecule has 6 heteroatoms. The number of carbonyl (C=O) groups excluding carboxylic acids is 2. The fraction of sp³-hybridized carbons (Fsp3) is 0.906. The predicted molar refractivity (Wildman–Crippen MR) is 306 cm³/mol. The average molecular weight is 987 g/mol. The Labute approximate surface area is 437 Å². The van der Waals surface area contributed by atoms with Crippen LogP contribution in [0.1, 0.15) is 348 Å². The Kier molecular flexibility index (Phi) is 58.5. The van der Waals surface area contributed by atoms with Crippen LogP contribution < -0.4 is 5.32 Å². The SMILES string of the molecule is CCCCCCC/C=C\CCCCCCCC(=O)OCCCCCCCCCCCCCCCCCCC(=O)NC(CO)C(O)/C=C/CCCCCCCCCCCCCCCCCCCCCCC. The summed E-state index contributed by atoms with van der Waals surface area (Å²) in [6.45, 7) is 4.90. The normalized spacial score (nSPS) is 12.7. The molecule has 0 saturated carbocycles. The highest BCUT2D eigenvalue weighted by molar-refractivity contribution is 5.76. The van der Waals surface area contributed by atoms with Gasteiger partial charge >= 0.3 is 5.97 Å². The van der Waals surface area contributed by atoms with E-state index in [-0.39, 0.29) is 18.5 Å². The molecule has 0 aliphatic rings. The number of unbranched alkanes of at least 4 members (excludes halogenated alkanes) is 46. The van der Waals surface area contributed by atoms with Crippen molar-refractivity contribution in [2.75, 3.05) is 13.2 Å². The van der Waals surface area contributed by atoms with Crippen LogP contribution in [-0.2, 0) is 14.3 Å². The van der Waals surface area contributed by atoms with E-state index in [1.165, 1.54) is 276 Å². The number of amides is 1. The quantitative estimate of drug-likeness (QED) is 0.0321. The lowest BCUT2D eigenvalue weighted by Crippen LogP contribution is -2.45. The van der Waals surface area contributed by atoms with Gasteiger partial charge in [0, 0.05) is 12.8 Å². The third kappa shape index (κ3) is 55.7. The summed E-state index contributed by atoms with van der Waals surface area (Å²) in [5.41, 5.74) is 0. The molecule has 3 N–H and O–H groups in total. The number of rotatable bonds is 59. The van der Waals surface area contributed by atoms with Crippen molar-refractivity contribution < 1.29 is 24.5 Å². The molecule has 0 aromatic carbocycles. The highest BCUT2D eigenvalue weighted by Gasteiger charge is 2.18. The van der Waals surface area contributed by atoms with Crippen LogP contribution in [0.3, 0.4) is 0 Å². The molecule has 0 aliphatic carbocycles. The summed E-state index contributed by atoms with van der Waals surface area (Å²) in [5.74, 6) is -0.0772. The van der Waals surface area contributed by atoms with Crippen LogP contribution >= 0.6 is 0 Å². The smallest absolute Gasteiger partial charge is 0.305 e. The Morgan fingerprint density at radius 1 is 0.386 bits per heavy atom. The Morgan fingerprint density at radius 2 is 0.671 bits per heavy atom. The maximum atomic E-state index is 12.5. The lowest BCUT2D eigenvalue weighted by molar-refractivity contribution is -0.143. The van der Waals surface area contributed by atoms with Gasteiger partial charge in [-0.3, -0.25) is 9.59 Å². The predicted octanol–water partition coefficient (Wildman–Crippen LogP) is 19.8. The van der Waals surface area contributed by atoms with Crippen LogP contribution in [0.5, 0.6) is 0 Å². The molecule has 414 valence electrons. The van der Waals surface area contributed by atoms with Crippen LogP contribution in [0.25, 0.3) is 0 Å². The number of aliphatic hydroxyl groups is 2. The second-order valence-corrected chi connectivity index (χ2v) is 21.7. The van der Waals surface area contributed by atoms with Gasteiger partial charge in [-0.15, -0.1) is 0 Å². The summed E-state index contributed by atoms with van der Waals surface area (Å²) in [6.07, 6.45) is 73.6. The molecule has 0 rings (SSSR count). The maximum Gasteiger partial charge on any atom is 0.305 e. The van der Waals surface area contributed by atoms with Crippen molar-refractivity contribution in [3.8, 4) is 0 Å². The summed E-state index contributed by atoms with van der Waals surface area (Å²) in [7, 11) is 0. The molecule has 1 amide bonds. The Bertz CT molecular complexity index is 1090. The summed E-state index contributed by atoms with van der Waals surface area (Å²) in [4.78, 5) is 24.6. The Balaban J connectivity index is 3.46. The van der Waals surface area contributed by atoms with Gasteiger partial charge in [-0.25, -0.2) is 0 Å². The summed E-state index contributed by atoms with van der Waals surface area (Å²) in [5, 5.41) is 23.2. The lowest BCUT2D eigenvalue weighted by atomic mass is 10.0. The molecule has 0 saturated heterocycles. The van der Waals surface area contributed by atoms with E-state index < -0.39 is 12.1 Å². The fourth-order valence-corrected chi connectivity index (χ4v) is 9.87. The van der Waals surface area contributed by atoms with Crippen molar-refractivity contribution in [2.24, 2.45) is 0 Å². The molecular weight excluding hydrogens is 863 g/mol. The molecule has 2 atom stereocenters. The molecule has 0 aromatic rings. The fourth-order valence-electron chi connectivity index (χ4n) is 9.87. The van der Waals surface area contributed by atoms with Crippen LogP contribution in [-0.4, -0.2) is 47.4 Å². The molecule has 0 aliphatic heterocycles. The van der Waals surface area contributed by atoms with E-state index in [1.54, 1.807) is 6.08 Å². The van der Waals surface area contributed by atoms with E-state index in [2.05, 4.69) is 31.3 Å². The zero-order valence-electron chi connectivity index (χ0n) is 47.3. The van der Waals surface area contributed by atoms with Gasteiger partial charge in [0.2, 0.25) is 5.91 Å². The minimum absolute atomic E-state index is 0.00566. The van der Waals surface area contributed by atoms with Gasteiger partial charge in [-0.2, -0.15) is 0 Å². The van der Waals surface area contributed by atoms with E-state index >= 15 is 0 Å². The number of nitrogens with one attached hydrogen (secondary N) is 1. The van der Waals surface area contributed by atoms with Crippen LogP contribution in [0.15, 0.2) is 24.3 Å². The average Bonchev–Trinajstić information content (AvgIpc) is 3.36. The minimum Gasteiger partial charge on any atom is -0.466 e. The molecule has 0 bridgehead atoms. The molecule has 0 heterocycles. The Hall–Kier alpha value is -1.66. The first kappa shape index (κ1) is 68.3. The van der Waals surface area contributed by atoms with Crippen LogP contribution in [0, 0.1) is 0 Å². The number of allylic oxidation sites excluding steroid dienone is 3. The molecule has 0 spiro atoms. The van der Waals surface area contributed by atoms with Gasteiger partial charge in [-0.05, 0) is 57.8 Å². The first-order valence-corrected chi connectivity index (χ1v) is 31.6. The number of hydrogen-bond donors (Lipinski definition) is 3. The number of esters is 1. The van der Waals surface area contributed by atoms with Crippen LogP contribution in [0.4, 0.5) is 0 Å². The van der Waals surface area contributed by atoms with Gasteiger partial charge in [0.05, 0.1) is 25.4 Å². The van der Waals surface area contributed by atoms with E-state index in [1.807, 2.05) is 6.08 Å². The molecule has 0 fully saturated rings. The van der Waals surface area contributed by atoms with Gasteiger partial charge in [0.25, 0.3) is 0 Å². The van der Waals surface area contributed by atoms with Gasteiger partial charge in [-0.1, -0.05) is 301 Å². The second kappa shape index (κ2) is 59.9. The van der Waals surface area contributed by atoms with Gasteiger partial charge < -0.3 is 20.3 Å². The number of carbonyl (C=O) groups is 2. The molecular formula is C64H123NO5. The van der Waals surface area contributed by atoms with Crippen molar-refractivity contribution in [2.45, 2.75) is 360 Å². The first-order valence-electron chi connectivity index (χ1n) is 31.6. The van der Waals surface area contributed by atoms with Gasteiger partial charge in [0.1, 0.15) is 0 Å². The number of hydrogen-bond acceptors (Lipinski definition) is 5. The van der Waals surface area contributed by atoms with Crippen molar-refractivity contribution in [3.63, 3.8) is 0 Å². The summed E-state index contributed by atoms with van der Waals surface area (Å²) >= 11 is 0. The number of ether oxygens (including phenoxy) is 1. The second-order valence-electron chi connectivity index (χ2n) is 21.7. The lowest BCUT2D eigenvalue weighted by Gasteiger charge is -2.20. The largest absolute Gasteiger partial charge is 0.466 e. The van der Waals surface area contributed by atoms with E-state index in [9.17, 15) is 19.8 Å². The third-order valence-electron chi connectivity index (χ3n) is 14.7. The Morgan fingerprint density at radius 3 is 1.01 bits per heavy atom. The zero-order chi connectivity index (χ0) is 50.7. The molecule has 2 unspecified atom stereocenters. The molecule has 0 aromatic heterocycles. The third-order valence-corrected chi connectivity index (χ3v) is 14.7. The summed E-state index contributed by atoms with van der Waals surface area (Å²) < 4.78 is 5.47. The summed E-state index contributed by atoms with van der Waals surface area (Å²) in [6, 6.07) is -0.634. The number of aliphatic hydroxyl groups excluding tert-OH is 2. The monoisotopic (exact) mass is 986 g/mol. The highest BCUT2D eigenvalue weighted by Crippen LogP contribution is 2.18. The van der Waals surface area contributed by atoms with Gasteiger partial charge in [0.15, 0.2) is 0 Å². The maximum absolute atomic E-state index is 12.5. The first-order chi connectivity index (χ1) is 34.5. The van der Waals surface area contributed by atoms with E-state index in [0.717, 1.165) is 44.9 Å².